The molecule has 0 fully saturated rings. The Morgan fingerprint density at radius 1 is 0.857 bits per heavy atom. The molecule has 0 spiro atoms. The predicted molar refractivity (Wildman–Crippen MR) is 21.3 cm³/mol. The summed E-state index contributed by atoms with van der Waals surface area (Å²) in [6, 6.07) is 0. The molecule has 7 heavy (non-hydrogen) atoms. The summed E-state index contributed by atoms with van der Waals surface area (Å²) in [5, 5.41) is 24.7. The van der Waals surface area contributed by atoms with Crippen LogP contribution in [0.4, 0.5) is 0 Å². The first-order valence-electron chi connectivity index (χ1n) is 1.62. The van der Waals surface area contributed by atoms with Gasteiger partial charge < -0.3 is 0 Å². The number of hydrogen-bond acceptors (Lipinski definition) is 3. The summed E-state index contributed by atoms with van der Waals surface area (Å²) >= 11 is -1.32. The molecule has 0 radical (unpaired) electrons. The quantitative estimate of drug-likeness (QED) is 0.483. The molecule has 0 amide bonds. The van der Waals surface area contributed by atoms with E-state index in [-0.39, 0.29) is 15.2 Å². The Balaban J connectivity index is 2.99. The summed E-state index contributed by atoms with van der Waals surface area (Å²) in [5.74, 6) is 0. The number of aliphatic hydroxyl groups excluding tert-OH is 3. The zero-order chi connectivity index (χ0) is 5.70. The van der Waals surface area contributed by atoms with Gasteiger partial charge in [-0.1, -0.05) is 0 Å². The minimum atomic E-state index is -1.32. The van der Waals surface area contributed by atoms with Crippen molar-refractivity contribution in [2.75, 3.05) is 15.2 Å². The molecule has 0 unspecified atom stereocenters. The predicted octanol–water partition coefficient (Wildman–Crippen LogP) is -1.55. The molecular weight excluding hydrogens is 190 g/mol. The van der Waals surface area contributed by atoms with Crippen LogP contribution in [0, 0.1) is 0 Å². The number of rotatable bonds is 3. The summed E-state index contributed by atoms with van der Waals surface area (Å²) in [5.41, 5.74) is 0. The Kier molecular flexibility index (Phi) is 5.06. The van der Waals surface area contributed by atoms with Crippen molar-refractivity contribution in [3.8, 4) is 0 Å². The number of hydrogen-bond donors (Lipinski definition) is 3. The van der Waals surface area contributed by atoms with Crippen molar-refractivity contribution in [3.05, 3.63) is 0 Å². The molecule has 0 aromatic carbocycles. The molecule has 0 aromatic rings. The fourth-order valence-electron chi connectivity index (χ4n) is 0.0949. The molecule has 3 N–H and O–H groups in total. The molecule has 0 aliphatic heterocycles. The van der Waals surface area contributed by atoms with Gasteiger partial charge in [0.15, 0.2) is 0 Å². The van der Waals surface area contributed by atoms with Gasteiger partial charge in [-0.25, -0.2) is 0 Å². The van der Waals surface area contributed by atoms with E-state index in [1.165, 1.54) is 0 Å². The Morgan fingerprint density at radius 2 is 1.14 bits per heavy atom. The Morgan fingerprint density at radius 3 is 1.14 bits per heavy atom. The molecule has 0 aromatic heterocycles. The zero-order valence-electron chi connectivity index (χ0n) is 3.78. The van der Waals surface area contributed by atoms with Crippen molar-refractivity contribution in [1.29, 1.82) is 0 Å². The molecule has 0 saturated carbocycles. The first-order valence-corrected chi connectivity index (χ1v) is 4.92. The maximum absolute atomic E-state index is 8.26. The Labute approximate surface area is 47.9 Å². The zero-order valence-corrected chi connectivity index (χ0v) is 5.33. The van der Waals surface area contributed by atoms with Crippen molar-refractivity contribution >= 4 is 0 Å². The summed E-state index contributed by atoms with van der Waals surface area (Å²) < 4.78 is 0. The van der Waals surface area contributed by atoms with Crippen LogP contribution >= 0.6 is 0 Å². The van der Waals surface area contributed by atoms with Crippen molar-refractivity contribution in [1.82, 2.24) is 0 Å². The summed E-state index contributed by atoms with van der Waals surface area (Å²) in [6.45, 7) is 0. The third-order valence-electron chi connectivity index (χ3n) is 0.424. The van der Waals surface area contributed by atoms with E-state index >= 15 is 0 Å². The average Bonchev–Trinajstić information content (AvgIpc) is 1.72. The van der Waals surface area contributed by atoms with Gasteiger partial charge in [-0.3, -0.25) is 0 Å². The Bertz CT molecular complexity index is 31.7. The second-order valence-corrected chi connectivity index (χ2v) is 4.58. The van der Waals surface area contributed by atoms with Gasteiger partial charge in [0.1, 0.15) is 0 Å². The average molecular weight is 200 g/mol. The SMILES string of the molecule is O[CH2][Pd-3]([CH2]O)[CH2]O. The maximum atomic E-state index is 8.26. The van der Waals surface area contributed by atoms with Crippen LogP contribution in [0.1, 0.15) is 0 Å². The molecule has 52 valence electrons. The molecular formula is C3H9O3Pd-3. The van der Waals surface area contributed by atoms with Gasteiger partial charge in [0.2, 0.25) is 0 Å². The van der Waals surface area contributed by atoms with E-state index in [2.05, 4.69) is 0 Å². The standard InChI is InChI=1S/3CH3O.Pd/c3*1-2;/h3*2H,1H2;/q;;;-3. The van der Waals surface area contributed by atoms with E-state index in [9.17, 15) is 0 Å². The summed E-state index contributed by atoms with van der Waals surface area (Å²) in [7, 11) is 0. The normalized spacial score (nSPS) is 11.6. The molecule has 0 heterocycles. The van der Waals surface area contributed by atoms with Gasteiger partial charge >= 0.3 is 47.3 Å². The molecule has 0 bridgehead atoms. The third kappa shape index (κ3) is 3.15. The van der Waals surface area contributed by atoms with Crippen molar-refractivity contribution in [3.63, 3.8) is 0 Å². The van der Waals surface area contributed by atoms with E-state index in [0.29, 0.717) is 0 Å². The topological polar surface area (TPSA) is 60.7 Å². The van der Waals surface area contributed by atoms with E-state index in [1.54, 1.807) is 0 Å². The van der Waals surface area contributed by atoms with Crippen LogP contribution in [0.5, 0.6) is 0 Å². The molecule has 3 nitrogen and oxygen atoms in total. The van der Waals surface area contributed by atoms with Gasteiger partial charge in [0.25, 0.3) is 0 Å². The van der Waals surface area contributed by atoms with Crippen molar-refractivity contribution in [2.45, 2.75) is 0 Å². The second-order valence-electron chi connectivity index (χ2n) is 0.774. The Hall–Kier alpha value is 0.542. The molecule has 0 aliphatic rings. The van der Waals surface area contributed by atoms with Gasteiger partial charge in [-0.2, -0.15) is 0 Å². The van der Waals surface area contributed by atoms with Crippen LogP contribution < -0.4 is 0 Å². The molecule has 0 rings (SSSR count). The molecule has 4 heteroatoms. The van der Waals surface area contributed by atoms with E-state index in [4.69, 9.17) is 15.3 Å². The molecule has 0 saturated heterocycles. The van der Waals surface area contributed by atoms with Crippen LogP contribution in [0.2, 0.25) is 0 Å². The van der Waals surface area contributed by atoms with Gasteiger partial charge in [-0.15, -0.1) is 0 Å². The van der Waals surface area contributed by atoms with Crippen LogP contribution in [0.25, 0.3) is 0 Å². The van der Waals surface area contributed by atoms with E-state index in [0.717, 1.165) is 0 Å². The number of aliphatic hydroxyl groups is 3. The fraction of sp³-hybridized carbons (Fsp3) is 1.00. The van der Waals surface area contributed by atoms with Crippen LogP contribution in [0.3, 0.4) is 0 Å². The van der Waals surface area contributed by atoms with Crippen LogP contribution in [-0.2, 0) is 16.8 Å². The third-order valence-corrected chi connectivity index (χ3v) is 2.51. The van der Waals surface area contributed by atoms with Crippen LogP contribution in [0.15, 0.2) is 0 Å². The summed E-state index contributed by atoms with van der Waals surface area (Å²) in [6.07, 6.45) is 0. The minimum absolute atomic E-state index is 0.0292. The first-order chi connectivity index (χ1) is 3.35. The van der Waals surface area contributed by atoms with E-state index < -0.39 is 16.8 Å². The van der Waals surface area contributed by atoms with Crippen molar-refractivity contribution in [2.24, 2.45) is 0 Å². The van der Waals surface area contributed by atoms with Crippen LogP contribution in [-0.4, -0.2) is 30.6 Å². The fourth-order valence-corrected chi connectivity index (χ4v) is 0.561. The van der Waals surface area contributed by atoms with Crippen molar-refractivity contribution < 1.29 is 32.1 Å². The second kappa shape index (κ2) is 4.70. The van der Waals surface area contributed by atoms with Gasteiger partial charge in [0.05, 0.1) is 0 Å². The first kappa shape index (κ1) is 7.54. The van der Waals surface area contributed by atoms with E-state index in [1.807, 2.05) is 0 Å². The molecule has 0 aliphatic carbocycles. The monoisotopic (exact) mass is 199 g/mol. The van der Waals surface area contributed by atoms with Gasteiger partial charge in [0, 0.05) is 0 Å². The molecule has 0 atom stereocenters. The summed E-state index contributed by atoms with van der Waals surface area (Å²) in [4.78, 5) is 0. The van der Waals surface area contributed by atoms with Gasteiger partial charge in [-0.05, 0) is 0 Å².